The van der Waals surface area contributed by atoms with Crippen molar-refractivity contribution in [2.75, 3.05) is 0 Å². The summed E-state index contributed by atoms with van der Waals surface area (Å²) in [7, 11) is 0. The summed E-state index contributed by atoms with van der Waals surface area (Å²) >= 11 is 0. The van der Waals surface area contributed by atoms with Crippen LogP contribution in [0.15, 0.2) is 103 Å². The number of nitrogens with zero attached hydrogens (tertiary/aromatic N) is 2. The molecule has 2 N–H and O–H groups in total. The summed E-state index contributed by atoms with van der Waals surface area (Å²) in [5, 5.41) is 11.9. The van der Waals surface area contributed by atoms with Crippen LogP contribution in [0.3, 0.4) is 0 Å². The molecule has 1 heterocycles. The van der Waals surface area contributed by atoms with Crippen molar-refractivity contribution < 1.29 is 30.0 Å². The number of allylic oxidation sites excluding steroid dienone is 2. The molecular formula is C35H36IrN2O2. The summed E-state index contributed by atoms with van der Waals surface area (Å²) in [4.78, 5) is 19.6. The summed E-state index contributed by atoms with van der Waals surface area (Å²) in [6, 6.07) is 34.0. The normalized spacial score (nSPS) is 11.9. The van der Waals surface area contributed by atoms with Gasteiger partial charge in [0.1, 0.15) is 5.76 Å². The molecule has 0 atom stereocenters. The Labute approximate surface area is 250 Å². The van der Waals surface area contributed by atoms with Gasteiger partial charge in [-0.2, -0.15) is 0 Å². The van der Waals surface area contributed by atoms with Crippen LogP contribution < -0.4 is 0 Å². The Morgan fingerprint density at radius 2 is 1.25 bits per heavy atom. The molecule has 5 aromatic rings. The zero-order valence-corrected chi connectivity index (χ0v) is 26.3. The number of benzene rings is 4. The molecule has 40 heavy (non-hydrogen) atoms. The van der Waals surface area contributed by atoms with Crippen LogP contribution in [0.5, 0.6) is 0 Å². The average Bonchev–Trinajstić information content (AvgIpc) is 2.91. The minimum absolute atomic E-state index is 0. The second-order valence-electron chi connectivity index (χ2n) is 11.7. The zero-order chi connectivity index (χ0) is 28.2. The smallest absolute Gasteiger partial charge is 0.325 e. The molecular weight excluding hydrogens is 673 g/mol. The van der Waals surface area contributed by atoms with Crippen molar-refractivity contribution in [1.29, 1.82) is 0 Å². The molecule has 0 amide bonds. The Morgan fingerprint density at radius 3 is 1.75 bits per heavy atom. The van der Waals surface area contributed by atoms with Gasteiger partial charge in [0.25, 0.3) is 0 Å². The third-order valence-corrected chi connectivity index (χ3v) is 6.35. The molecule has 207 valence electrons. The standard InChI is InChI=1S/C24H15N2.C11H20O2.Ir/c1-3-9-17(10-4-1)23-24(18-11-5-2-6-12-18)26-22-16-20-14-8-7-13-19(20)15-21(22)25-23;1-10(2,3)8(12)7-9(13)11(4,5)6;/h1-11,13-16H;7,12H,1-6H3;/q-1;;/p+1. The molecule has 0 saturated heterocycles. The molecule has 4 nitrogen and oxygen atoms in total. The van der Waals surface area contributed by atoms with E-state index in [0.29, 0.717) is 0 Å². The van der Waals surface area contributed by atoms with E-state index in [1.54, 1.807) is 0 Å². The minimum atomic E-state index is -0.306. The second-order valence-corrected chi connectivity index (χ2v) is 11.7. The van der Waals surface area contributed by atoms with E-state index < -0.39 is 0 Å². The monoisotopic (exact) mass is 709 g/mol. The Hall–Kier alpha value is -3.66. The fourth-order valence-electron chi connectivity index (χ4n) is 3.83. The quantitative estimate of drug-likeness (QED) is 0.0669. The van der Waals surface area contributed by atoms with Crippen molar-refractivity contribution >= 4 is 27.6 Å². The van der Waals surface area contributed by atoms with Crippen LogP contribution in [0.25, 0.3) is 44.3 Å². The van der Waals surface area contributed by atoms with Crippen molar-refractivity contribution in [1.82, 2.24) is 9.97 Å². The molecule has 0 spiro atoms. The molecule has 1 aromatic heterocycles. The van der Waals surface area contributed by atoms with Crippen molar-refractivity contribution in [3.05, 3.63) is 109 Å². The number of fused-ring (bicyclic) bond motifs is 2. The van der Waals surface area contributed by atoms with Crippen LogP contribution in [0, 0.1) is 16.9 Å². The van der Waals surface area contributed by atoms with Gasteiger partial charge >= 0.3 is 5.78 Å². The number of aliphatic hydroxyl groups excluding tert-OH is 1. The summed E-state index contributed by atoms with van der Waals surface area (Å²) in [6.45, 7) is 11.4. The van der Waals surface area contributed by atoms with Gasteiger partial charge < -0.3 is 5.11 Å². The van der Waals surface area contributed by atoms with Crippen LogP contribution in [-0.4, -0.2) is 25.7 Å². The van der Waals surface area contributed by atoms with E-state index in [1.807, 2.05) is 96.1 Å². The summed E-state index contributed by atoms with van der Waals surface area (Å²) in [5.41, 5.74) is 4.95. The number of ketones is 1. The van der Waals surface area contributed by atoms with E-state index in [-0.39, 0.29) is 42.5 Å². The predicted octanol–water partition coefficient (Wildman–Crippen LogP) is 8.98. The van der Waals surface area contributed by atoms with Crippen LogP contribution in [0.2, 0.25) is 0 Å². The van der Waals surface area contributed by atoms with Crippen LogP contribution in [-0.2, 0) is 20.1 Å². The SMILES string of the molecule is CC(C)(C)C(=[OH+])C=C(O)C(C)(C)C.[Ir].[c-]1ccccc1-c1nc2cc3ccccc3cc2nc1-c1ccccc1. The number of hydrogen-bond acceptors (Lipinski definition) is 3. The fourth-order valence-corrected chi connectivity index (χ4v) is 3.83. The zero-order valence-electron chi connectivity index (χ0n) is 23.9. The first kappa shape index (κ1) is 30.9. The van der Waals surface area contributed by atoms with Gasteiger partial charge in [-0.25, -0.2) is 0 Å². The molecule has 5 heteroatoms. The Balaban J connectivity index is 0.000000272. The molecule has 0 bridgehead atoms. The molecule has 0 aliphatic carbocycles. The number of aromatic nitrogens is 2. The summed E-state index contributed by atoms with van der Waals surface area (Å²) in [6.07, 6.45) is 1.44. The van der Waals surface area contributed by atoms with Gasteiger partial charge in [0.2, 0.25) is 0 Å². The fraction of sp³-hybridized carbons (Fsp3) is 0.229. The van der Waals surface area contributed by atoms with Gasteiger partial charge in [-0.05, 0) is 49.2 Å². The van der Waals surface area contributed by atoms with E-state index in [1.165, 1.54) is 16.8 Å². The number of carbonyl (C=O) groups excluding carboxylic acids is 1. The van der Waals surface area contributed by atoms with Crippen LogP contribution in [0.4, 0.5) is 0 Å². The Morgan fingerprint density at radius 1 is 0.725 bits per heavy atom. The third kappa shape index (κ3) is 7.50. The van der Waals surface area contributed by atoms with Crippen molar-refractivity contribution in [3.8, 4) is 22.5 Å². The number of hydrogen-bond donors (Lipinski definition) is 1. The maximum atomic E-state index is 9.60. The maximum absolute atomic E-state index is 9.60. The third-order valence-electron chi connectivity index (χ3n) is 6.35. The van der Waals surface area contributed by atoms with Gasteiger partial charge in [-0.1, -0.05) is 75.4 Å². The van der Waals surface area contributed by atoms with E-state index in [9.17, 15) is 9.90 Å². The van der Waals surface area contributed by atoms with E-state index >= 15 is 0 Å². The molecule has 0 aliphatic rings. The summed E-state index contributed by atoms with van der Waals surface area (Å²) < 4.78 is 0. The van der Waals surface area contributed by atoms with Crippen LogP contribution >= 0.6 is 0 Å². The van der Waals surface area contributed by atoms with E-state index in [0.717, 1.165) is 33.5 Å². The van der Waals surface area contributed by atoms with Gasteiger partial charge in [0.05, 0.1) is 28.2 Å². The predicted molar refractivity (Wildman–Crippen MR) is 163 cm³/mol. The first-order chi connectivity index (χ1) is 18.4. The molecule has 4 aromatic carbocycles. The molecule has 0 unspecified atom stereocenters. The molecule has 0 fully saturated rings. The minimum Gasteiger partial charge on any atom is -0.511 e. The number of rotatable bonds is 3. The van der Waals surface area contributed by atoms with E-state index in [4.69, 9.17) is 9.97 Å². The molecule has 0 saturated carbocycles. The van der Waals surface area contributed by atoms with Gasteiger partial charge in [0.15, 0.2) is 0 Å². The topological polar surface area (TPSA) is 67.4 Å². The molecule has 0 aliphatic heterocycles. The number of aliphatic hydroxyl groups is 1. The maximum Gasteiger partial charge on any atom is 0.325 e. The molecule has 1 radical (unpaired) electrons. The van der Waals surface area contributed by atoms with Crippen molar-refractivity contribution in [2.24, 2.45) is 10.8 Å². The van der Waals surface area contributed by atoms with Gasteiger partial charge in [-0.3, -0.25) is 14.8 Å². The van der Waals surface area contributed by atoms with Gasteiger partial charge in [0, 0.05) is 31.2 Å². The Kier molecular flexibility index (Phi) is 9.78. The van der Waals surface area contributed by atoms with Crippen molar-refractivity contribution in [2.45, 2.75) is 41.5 Å². The Bertz CT molecular complexity index is 1530. The second kappa shape index (κ2) is 12.7. The van der Waals surface area contributed by atoms with E-state index in [2.05, 4.69) is 42.5 Å². The van der Waals surface area contributed by atoms with Crippen molar-refractivity contribution in [3.63, 3.8) is 0 Å². The first-order valence-corrected chi connectivity index (χ1v) is 13.1. The van der Waals surface area contributed by atoms with Crippen LogP contribution in [0.1, 0.15) is 41.5 Å². The van der Waals surface area contributed by atoms with Gasteiger partial charge in [-0.15, -0.1) is 35.9 Å². The molecule has 5 rings (SSSR count). The first-order valence-electron chi connectivity index (χ1n) is 13.1. The summed E-state index contributed by atoms with van der Waals surface area (Å²) in [5.74, 6) is 0.417. The average molecular weight is 709 g/mol. The largest absolute Gasteiger partial charge is 0.511 e.